The van der Waals surface area contributed by atoms with Gasteiger partial charge in [0.05, 0.1) is 0 Å². The standard InChI is InChI=1S/C14H22N2/c1-11-9-16(10-12(11)2)14-5-3-13(4-6-14)7-8-15/h3-6,11-12H,7-10,15H2,1-2H3. The number of nitrogens with zero attached hydrogens (tertiary/aromatic N) is 1. The van der Waals surface area contributed by atoms with Gasteiger partial charge in [0.1, 0.15) is 0 Å². The molecule has 0 amide bonds. The molecule has 1 aromatic carbocycles. The van der Waals surface area contributed by atoms with E-state index in [0.29, 0.717) is 0 Å². The van der Waals surface area contributed by atoms with Crippen molar-refractivity contribution in [1.82, 2.24) is 0 Å². The molecule has 2 N–H and O–H groups in total. The van der Waals surface area contributed by atoms with E-state index in [9.17, 15) is 0 Å². The van der Waals surface area contributed by atoms with E-state index in [1.807, 2.05) is 0 Å². The second-order valence-electron chi connectivity index (χ2n) is 5.06. The summed E-state index contributed by atoms with van der Waals surface area (Å²) >= 11 is 0. The van der Waals surface area contributed by atoms with Crippen LogP contribution in [0, 0.1) is 11.8 Å². The molecule has 1 aliphatic heterocycles. The summed E-state index contributed by atoms with van der Waals surface area (Å²) < 4.78 is 0. The smallest absolute Gasteiger partial charge is 0.0366 e. The van der Waals surface area contributed by atoms with E-state index in [4.69, 9.17) is 5.73 Å². The van der Waals surface area contributed by atoms with Crippen LogP contribution in [0.15, 0.2) is 24.3 Å². The monoisotopic (exact) mass is 218 g/mol. The summed E-state index contributed by atoms with van der Waals surface area (Å²) in [7, 11) is 0. The molecule has 0 aliphatic carbocycles. The highest BCUT2D eigenvalue weighted by Crippen LogP contribution is 2.27. The lowest BCUT2D eigenvalue weighted by molar-refractivity contribution is 0.494. The summed E-state index contributed by atoms with van der Waals surface area (Å²) in [5, 5.41) is 0. The predicted octanol–water partition coefficient (Wildman–Crippen LogP) is 2.28. The van der Waals surface area contributed by atoms with Crippen molar-refractivity contribution in [3.05, 3.63) is 29.8 Å². The minimum Gasteiger partial charge on any atom is -0.371 e. The van der Waals surface area contributed by atoms with Gasteiger partial charge in [-0.15, -0.1) is 0 Å². The number of rotatable bonds is 3. The average molecular weight is 218 g/mol. The Balaban J connectivity index is 2.05. The Morgan fingerprint density at radius 2 is 1.69 bits per heavy atom. The fourth-order valence-corrected chi connectivity index (χ4v) is 2.38. The maximum atomic E-state index is 5.55. The van der Waals surface area contributed by atoms with Gasteiger partial charge in [-0.3, -0.25) is 0 Å². The summed E-state index contributed by atoms with van der Waals surface area (Å²) in [6.45, 7) is 7.80. The van der Waals surface area contributed by atoms with E-state index in [1.54, 1.807) is 0 Å². The van der Waals surface area contributed by atoms with Gasteiger partial charge in [-0.2, -0.15) is 0 Å². The lowest BCUT2D eigenvalue weighted by atomic mass is 10.0. The summed E-state index contributed by atoms with van der Waals surface area (Å²) in [5.74, 6) is 1.62. The first kappa shape index (κ1) is 11.5. The van der Waals surface area contributed by atoms with Crippen LogP contribution in [0.1, 0.15) is 19.4 Å². The Morgan fingerprint density at radius 3 is 2.19 bits per heavy atom. The number of nitrogens with two attached hydrogens (primary N) is 1. The first-order chi connectivity index (χ1) is 7.70. The van der Waals surface area contributed by atoms with E-state index in [1.165, 1.54) is 24.3 Å². The molecule has 0 spiro atoms. The normalized spacial score (nSPS) is 25.1. The minimum absolute atomic E-state index is 0.733. The van der Waals surface area contributed by atoms with E-state index in [2.05, 4.69) is 43.0 Å². The molecular formula is C14H22N2. The first-order valence-electron chi connectivity index (χ1n) is 6.24. The van der Waals surface area contributed by atoms with Crippen molar-refractivity contribution in [3.63, 3.8) is 0 Å². The number of hydrogen-bond acceptors (Lipinski definition) is 2. The summed E-state index contributed by atoms with van der Waals surface area (Å²) in [6, 6.07) is 8.87. The van der Waals surface area contributed by atoms with Gasteiger partial charge < -0.3 is 10.6 Å². The highest BCUT2D eigenvalue weighted by molar-refractivity contribution is 5.48. The minimum atomic E-state index is 0.733. The highest BCUT2D eigenvalue weighted by Gasteiger charge is 2.25. The van der Waals surface area contributed by atoms with Crippen LogP contribution in [0.25, 0.3) is 0 Å². The average Bonchev–Trinajstić information content (AvgIpc) is 2.61. The molecule has 0 bridgehead atoms. The molecular weight excluding hydrogens is 196 g/mol. The third-order valence-corrected chi connectivity index (χ3v) is 3.72. The van der Waals surface area contributed by atoms with Gasteiger partial charge in [-0.05, 0) is 42.5 Å². The van der Waals surface area contributed by atoms with Gasteiger partial charge in [0.2, 0.25) is 0 Å². The first-order valence-corrected chi connectivity index (χ1v) is 6.24. The molecule has 88 valence electrons. The molecule has 1 heterocycles. The fraction of sp³-hybridized carbons (Fsp3) is 0.571. The van der Waals surface area contributed by atoms with Crippen LogP contribution in [-0.4, -0.2) is 19.6 Å². The number of hydrogen-bond donors (Lipinski definition) is 1. The van der Waals surface area contributed by atoms with Crippen LogP contribution >= 0.6 is 0 Å². The Bertz CT molecular complexity index is 321. The Morgan fingerprint density at radius 1 is 1.12 bits per heavy atom. The van der Waals surface area contributed by atoms with Crippen molar-refractivity contribution in [2.24, 2.45) is 17.6 Å². The van der Waals surface area contributed by atoms with Gasteiger partial charge >= 0.3 is 0 Å². The lowest BCUT2D eigenvalue weighted by Crippen LogP contribution is -2.19. The van der Waals surface area contributed by atoms with Crippen LogP contribution in [0.2, 0.25) is 0 Å². The molecule has 1 fully saturated rings. The zero-order chi connectivity index (χ0) is 11.5. The molecule has 2 heteroatoms. The Hall–Kier alpha value is -1.02. The molecule has 2 atom stereocenters. The lowest BCUT2D eigenvalue weighted by Gasteiger charge is -2.18. The van der Waals surface area contributed by atoms with Gasteiger partial charge in [0.15, 0.2) is 0 Å². The van der Waals surface area contributed by atoms with Crippen LogP contribution in [-0.2, 0) is 6.42 Å². The predicted molar refractivity (Wildman–Crippen MR) is 69.7 cm³/mol. The molecule has 0 saturated carbocycles. The Labute approximate surface area is 98.4 Å². The SMILES string of the molecule is CC1CN(c2ccc(CCN)cc2)CC1C. The molecule has 2 unspecified atom stereocenters. The van der Waals surface area contributed by atoms with E-state index in [0.717, 1.165) is 24.8 Å². The van der Waals surface area contributed by atoms with Crippen LogP contribution < -0.4 is 10.6 Å². The van der Waals surface area contributed by atoms with Crippen LogP contribution in [0.4, 0.5) is 5.69 Å². The van der Waals surface area contributed by atoms with Gasteiger partial charge in [-0.25, -0.2) is 0 Å². The van der Waals surface area contributed by atoms with E-state index < -0.39 is 0 Å². The summed E-state index contributed by atoms with van der Waals surface area (Å²) in [5.41, 5.74) is 8.24. The zero-order valence-corrected chi connectivity index (χ0v) is 10.3. The molecule has 1 aliphatic rings. The van der Waals surface area contributed by atoms with Crippen LogP contribution in [0.5, 0.6) is 0 Å². The third-order valence-electron chi connectivity index (χ3n) is 3.72. The second kappa shape index (κ2) is 4.88. The second-order valence-corrected chi connectivity index (χ2v) is 5.06. The molecule has 16 heavy (non-hydrogen) atoms. The highest BCUT2D eigenvalue weighted by atomic mass is 15.2. The molecule has 0 aromatic heterocycles. The maximum absolute atomic E-state index is 5.55. The van der Waals surface area contributed by atoms with Crippen molar-refractivity contribution in [3.8, 4) is 0 Å². The van der Waals surface area contributed by atoms with Crippen molar-refractivity contribution in [2.45, 2.75) is 20.3 Å². The third kappa shape index (κ3) is 2.38. The van der Waals surface area contributed by atoms with Gasteiger partial charge in [0.25, 0.3) is 0 Å². The zero-order valence-electron chi connectivity index (χ0n) is 10.3. The topological polar surface area (TPSA) is 29.3 Å². The molecule has 2 nitrogen and oxygen atoms in total. The van der Waals surface area contributed by atoms with Crippen LogP contribution in [0.3, 0.4) is 0 Å². The quantitative estimate of drug-likeness (QED) is 0.843. The molecule has 1 aromatic rings. The van der Waals surface area contributed by atoms with Crippen molar-refractivity contribution < 1.29 is 0 Å². The van der Waals surface area contributed by atoms with Gasteiger partial charge in [0, 0.05) is 18.8 Å². The molecule has 2 rings (SSSR count). The summed E-state index contributed by atoms with van der Waals surface area (Å²) in [6.07, 6.45) is 0.979. The largest absolute Gasteiger partial charge is 0.371 e. The maximum Gasteiger partial charge on any atom is 0.0366 e. The van der Waals surface area contributed by atoms with Crippen molar-refractivity contribution in [1.29, 1.82) is 0 Å². The Kier molecular flexibility index (Phi) is 3.49. The number of benzene rings is 1. The van der Waals surface area contributed by atoms with E-state index in [-0.39, 0.29) is 0 Å². The number of anilines is 1. The van der Waals surface area contributed by atoms with E-state index >= 15 is 0 Å². The van der Waals surface area contributed by atoms with Crippen molar-refractivity contribution in [2.75, 3.05) is 24.5 Å². The fourth-order valence-electron chi connectivity index (χ4n) is 2.38. The summed E-state index contributed by atoms with van der Waals surface area (Å²) in [4.78, 5) is 2.49. The molecule has 1 saturated heterocycles. The van der Waals surface area contributed by atoms with Gasteiger partial charge in [-0.1, -0.05) is 26.0 Å². The van der Waals surface area contributed by atoms with Crippen molar-refractivity contribution >= 4 is 5.69 Å². The molecule has 0 radical (unpaired) electrons.